The fraction of sp³-hybridized carbons (Fsp3) is 0.500. The summed E-state index contributed by atoms with van der Waals surface area (Å²) in [6, 6.07) is 7.87. The number of hydrogen-bond acceptors (Lipinski definition) is 4. The van der Waals surface area contributed by atoms with Crippen LogP contribution in [-0.2, 0) is 9.59 Å². The number of hydrogen-bond donors (Lipinski definition) is 2. The molecular weight excluding hydrogens is 334 g/mol. The third-order valence-corrected chi connectivity index (χ3v) is 4.47. The monoisotopic (exact) mass is 357 g/mol. The molecule has 2 rings (SSSR count). The molecule has 1 heterocycles. The summed E-state index contributed by atoms with van der Waals surface area (Å²) in [6.45, 7) is 4.72. The van der Waals surface area contributed by atoms with Crippen LogP contribution in [0.15, 0.2) is 29.2 Å². The van der Waals surface area contributed by atoms with Crippen molar-refractivity contribution in [2.75, 3.05) is 37.3 Å². The first kappa shape index (κ1) is 19.8. The molecule has 1 aromatic carbocycles. The van der Waals surface area contributed by atoms with Crippen LogP contribution in [-0.4, -0.2) is 44.2 Å². The highest BCUT2D eigenvalue weighted by Crippen LogP contribution is 2.27. The number of nitrogens with one attached hydrogen (secondary N) is 2. The number of halogens is 1. The van der Waals surface area contributed by atoms with Crippen LogP contribution in [0.1, 0.15) is 13.3 Å². The molecule has 5 nitrogen and oxygen atoms in total. The van der Waals surface area contributed by atoms with Crippen molar-refractivity contribution in [3.05, 3.63) is 24.3 Å². The maximum Gasteiger partial charge on any atom is 0.227 e. The van der Waals surface area contributed by atoms with Gasteiger partial charge in [-0.2, -0.15) is 0 Å². The molecule has 0 saturated carbocycles. The van der Waals surface area contributed by atoms with Crippen LogP contribution in [0, 0.1) is 5.92 Å². The Kier molecular flexibility index (Phi) is 8.44. The topological polar surface area (TPSA) is 61.4 Å². The van der Waals surface area contributed by atoms with E-state index in [1.54, 1.807) is 16.7 Å². The Morgan fingerprint density at radius 3 is 2.61 bits per heavy atom. The molecule has 1 saturated heterocycles. The van der Waals surface area contributed by atoms with E-state index in [0.717, 1.165) is 23.7 Å². The molecule has 0 radical (unpaired) electrons. The third kappa shape index (κ3) is 5.41. The van der Waals surface area contributed by atoms with Crippen molar-refractivity contribution in [2.24, 2.45) is 5.92 Å². The van der Waals surface area contributed by atoms with Gasteiger partial charge in [0.1, 0.15) is 0 Å². The maximum atomic E-state index is 12.1. The van der Waals surface area contributed by atoms with E-state index >= 15 is 0 Å². The highest BCUT2D eigenvalue weighted by atomic mass is 35.5. The zero-order chi connectivity index (χ0) is 15.9. The molecule has 1 aliphatic heterocycles. The van der Waals surface area contributed by atoms with Crippen molar-refractivity contribution >= 4 is 41.7 Å². The summed E-state index contributed by atoms with van der Waals surface area (Å²) in [5, 5.41) is 6.04. The molecule has 23 heavy (non-hydrogen) atoms. The van der Waals surface area contributed by atoms with Crippen LogP contribution < -0.4 is 15.5 Å². The van der Waals surface area contributed by atoms with E-state index in [1.165, 1.54) is 0 Å². The Labute approximate surface area is 148 Å². The van der Waals surface area contributed by atoms with Crippen LogP contribution >= 0.6 is 24.2 Å². The maximum absolute atomic E-state index is 12.1. The first-order chi connectivity index (χ1) is 10.7. The number of likely N-dealkylation sites (N-methyl/N-ethyl adjacent to an activating group) is 1. The number of amides is 2. The molecular formula is C16H24ClN3O2S. The lowest BCUT2D eigenvalue weighted by atomic mass is 10.1. The Balaban J connectivity index is 0.00000264. The smallest absolute Gasteiger partial charge is 0.227 e. The highest BCUT2D eigenvalue weighted by molar-refractivity contribution is 7.98. The second-order valence-corrected chi connectivity index (χ2v) is 6.13. The third-order valence-electron chi connectivity index (χ3n) is 3.73. The molecule has 7 heteroatoms. The average molecular weight is 358 g/mol. The minimum Gasteiger partial charge on any atom is -0.355 e. The number of benzene rings is 1. The predicted molar refractivity (Wildman–Crippen MR) is 97.5 cm³/mol. The van der Waals surface area contributed by atoms with E-state index in [0.29, 0.717) is 13.1 Å². The van der Waals surface area contributed by atoms with Crippen molar-refractivity contribution < 1.29 is 9.59 Å². The van der Waals surface area contributed by atoms with Crippen molar-refractivity contribution in [1.29, 1.82) is 0 Å². The lowest BCUT2D eigenvalue weighted by Crippen LogP contribution is -2.37. The predicted octanol–water partition coefficient (Wildman–Crippen LogP) is 1.91. The second kappa shape index (κ2) is 9.80. The molecule has 1 aromatic rings. The number of thioether (sulfide) groups is 1. The zero-order valence-electron chi connectivity index (χ0n) is 13.5. The Morgan fingerprint density at radius 1 is 1.30 bits per heavy atom. The molecule has 0 aliphatic carbocycles. The normalized spacial score (nSPS) is 17.0. The largest absolute Gasteiger partial charge is 0.355 e. The number of rotatable bonds is 7. The van der Waals surface area contributed by atoms with Crippen molar-refractivity contribution in [2.45, 2.75) is 18.2 Å². The zero-order valence-corrected chi connectivity index (χ0v) is 15.1. The van der Waals surface area contributed by atoms with Crippen LogP contribution in [0.3, 0.4) is 0 Å². The molecule has 2 N–H and O–H groups in total. The van der Waals surface area contributed by atoms with E-state index in [4.69, 9.17) is 0 Å². The lowest BCUT2D eigenvalue weighted by molar-refractivity contribution is -0.126. The Morgan fingerprint density at radius 2 is 2.00 bits per heavy atom. The molecule has 0 aromatic heterocycles. The van der Waals surface area contributed by atoms with Gasteiger partial charge in [-0.1, -0.05) is 6.92 Å². The van der Waals surface area contributed by atoms with E-state index in [9.17, 15) is 9.59 Å². The van der Waals surface area contributed by atoms with Gasteiger partial charge in [-0.3, -0.25) is 9.59 Å². The molecule has 1 unspecified atom stereocenters. The summed E-state index contributed by atoms with van der Waals surface area (Å²) in [5.41, 5.74) is 0.866. The fourth-order valence-electron chi connectivity index (χ4n) is 2.49. The van der Waals surface area contributed by atoms with E-state index in [1.807, 2.05) is 37.4 Å². The van der Waals surface area contributed by atoms with Gasteiger partial charge < -0.3 is 15.5 Å². The van der Waals surface area contributed by atoms with E-state index < -0.39 is 0 Å². The van der Waals surface area contributed by atoms with Gasteiger partial charge in [-0.15, -0.1) is 24.2 Å². The summed E-state index contributed by atoms with van der Waals surface area (Å²) >= 11 is 1.67. The van der Waals surface area contributed by atoms with E-state index in [2.05, 4.69) is 10.6 Å². The van der Waals surface area contributed by atoms with Gasteiger partial charge in [0.25, 0.3) is 0 Å². The van der Waals surface area contributed by atoms with Gasteiger partial charge in [-0.25, -0.2) is 0 Å². The van der Waals surface area contributed by atoms with Crippen LogP contribution in [0.25, 0.3) is 0 Å². The molecule has 1 atom stereocenters. The van der Waals surface area contributed by atoms with E-state index in [-0.39, 0.29) is 36.6 Å². The van der Waals surface area contributed by atoms with Gasteiger partial charge in [0.05, 0.1) is 5.92 Å². The summed E-state index contributed by atoms with van der Waals surface area (Å²) in [7, 11) is 0. The minimum atomic E-state index is -0.255. The highest BCUT2D eigenvalue weighted by Gasteiger charge is 2.34. The Hall–Kier alpha value is -1.24. The summed E-state index contributed by atoms with van der Waals surface area (Å²) in [6.07, 6.45) is 2.31. The molecule has 1 aliphatic rings. The Bertz CT molecular complexity index is 525. The lowest BCUT2D eigenvalue weighted by Gasteiger charge is -2.17. The standard InChI is InChI=1S/C16H23N3O2S.ClH/c1-3-17-8-9-18-16(21)12-10-15(20)19(11-12)13-4-6-14(22-2)7-5-13;/h4-7,12,17H,3,8-11H2,1-2H3,(H,18,21);1H. The van der Waals surface area contributed by atoms with Gasteiger partial charge in [0.2, 0.25) is 11.8 Å². The molecule has 0 spiro atoms. The molecule has 0 bridgehead atoms. The van der Waals surface area contributed by atoms with Gasteiger partial charge in [0.15, 0.2) is 0 Å². The van der Waals surface area contributed by atoms with Crippen LogP contribution in [0.5, 0.6) is 0 Å². The molecule has 1 fully saturated rings. The number of carbonyl (C=O) groups excluding carboxylic acids is 2. The second-order valence-electron chi connectivity index (χ2n) is 5.25. The van der Waals surface area contributed by atoms with Gasteiger partial charge >= 0.3 is 0 Å². The summed E-state index contributed by atoms with van der Waals surface area (Å²) < 4.78 is 0. The van der Waals surface area contributed by atoms with Gasteiger partial charge in [0, 0.05) is 36.6 Å². The quantitative estimate of drug-likeness (QED) is 0.578. The summed E-state index contributed by atoms with van der Waals surface area (Å²) in [5.74, 6) is -0.271. The summed E-state index contributed by atoms with van der Waals surface area (Å²) in [4.78, 5) is 27.1. The van der Waals surface area contributed by atoms with Crippen molar-refractivity contribution in [3.63, 3.8) is 0 Å². The van der Waals surface area contributed by atoms with Crippen molar-refractivity contribution in [3.8, 4) is 0 Å². The number of nitrogens with zero attached hydrogens (tertiary/aromatic N) is 1. The first-order valence-electron chi connectivity index (χ1n) is 7.58. The van der Waals surface area contributed by atoms with Crippen LogP contribution in [0.2, 0.25) is 0 Å². The number of anilines is 1. The fourth-order valence-corrected chi connectivity index (χ4v) is 2.90. The first-order valence-corrected chi connectivity index (χ1v) is 8.81. The number of carbonyl (C=O) groups is 2. The SMILES string of the molecule is CCNCCNC(=O)C1CC(=O)N(c2ccc(SC)cc2)C1.Cl. The minimum absolute atomic E-state index is 0. The van der Waals surface area contributed by atoms with Gasteiger partial charge in [-0.05, 0) is 37.1 Å². The van der Waals surface area contributed by atoms with Crippen molar-refractivity contribution in [1.82, 2.24) is 10.6 Å². The van der Waals surface area contributed by atoms with Crippen LogP contribution in [0.4, 0.5) is 5.69 Å². The molecule has 2 amide bonds. The average Bonchev–Trinajstić information content (AvgIpc) is 2.93. The molecule has 128 valence electrons.